The molecular weight excluding hydrogens is 416 g/mol. The topological polar surface area (TPSA) is 72.8 Å². The van der Waals surface area contributed by atoms with Crippen LogP contribution in [-0.4, -0.2) is 35.9 Å². The molecule has 0 fully saturated rings. The van der Waals surface area contributed by atoms with Gasteiger partial charge < -0.3 is 14.6 Å². The normalized spacial score (nSPS) is 11.5. The van der Waals surface area contributed by atoms with Crippen LogP contribution in [0.1, 0.15) is 149 Å². The molecule has 0 spiro atoms. The average molecular weight is 471 g/mol. The van der Waals surface area contributed by atoms with Crippen LogP contribution < -0.4 is 0 Å². The standard InChI is InChI=1S/C28H54O5/c1-4-6-8-10-12-14-16-18-20-26(29)32-24-22-28(3,31)23-25-33-27(30)21-19-17-15-13-11-9-7-5-2/h31H,4-25H2,1-3H3. The van der Waals surface area contributed by atoms with E-state index in [2.05, 4.69) is 13.8 Å². The van der Waals surface area contributed by atoms with E-state index < -0.39 is 5.60 Å². The van der Waals surface area contributed by atoms with Gasteiger partial charge in [0.15, 0.2) is 0 Å². The highest BCUT2D eigenvalue weighted by Crippen LogP contribution is 2.16. The van der Waals surface area contributed by atoms with Gasteiger partial charge in [-0.3, -0.25) is 9.59 Å². The average Bonchev–Trinajstić information content (AvgIpc) is 2.77. The molecule has 0 radical (unpaired) electrons. The van der Waals surface area contributed by atoms with Crippen LogP contribution in [0.5, 0.6) is 0 Å². The fourth-order valence-electron chi connectivity index (χ4n) is 3.85. The molecule has 0 bridgehead atoms. The molecule has 0 aromatic heterocycles. The second-order valence-corrected chi connectivity index (χ2v) is 9.89. The first-order valence-corrected chi connectivity index (χ1v) is 13.9. The Morgan fingerprint density at radius 1 is 0.576 bits per heavy atom. The zero-order valence-electron chi connectivity index (χ0n) is 22.1. The number of esters is 2. The highest BCUT2D eigenvalue weighted by atomic mass is 16.5. The van der Waals surface area contributed by atoms with Crippen molar-refractivity contribution in [2.45, 2.75) is 155 Å². The number of rotatable bonds is 24. The van der Waals surface area contributed by atoms with Gasteiger partial charge in [0, 0.05) is 25.7 Å². The van der Waals surface area contributed by atoms with Crippen LogP contribution in [0.3, 0.4) is 0 Å². The minimum absolute atomic E-state index is 0.187. The maximum atomic E-state index is 11.8. The Bertz CT molecular complexity index is 421. The Morgan fingerprint density at radius 2 is 0.879 bits per heavy atom. The number of hydrogen-bond donors (Lipinski definition) is 1. The molecule has 0 aliphatic heterocycles. The summed E-state index contributed by atoms with van der Waals surface area (Å²) in [6.45, 7) is 6.55. The lowest BCUT2D eigenvalue weighted by Gasteiger charge is -2.22. The summed E-state index contributed by atoms with van der Waals surface area (Å²) in [6.07, 6.45) is 20.8. The van der Waals surface area contributed by atoms with Gasteiger partial charge in [-0.1, -0.05) is 104 Å². The monoisotopic (exact) mass is 470 g/mol. The van der Waals surface area contributed by atoms with E-state index in [1.165, 1.54) is 77.0 Å². The lowest BCUT2D eigenvalue weighted by atomic mass is 9.99. The van der Waals surface area contributed by atoms with E-state index in [9.17, 15) is 14.7 Å². The lowest BCUT2D eigenvalue weighted by Crippen LogP contribution is -2.29. The molecule has 5 heteroatoms. The lowest BCUT2D eigenvalue weighted by molar-refractivity contribution is -0.146. The molecule has 0 saturated heterocycles. The predicted molar refractivity (Wildman–Crippen MR) is 136 cm³/mol. The summed E-state index contributed by atoms with van der Waals surface area (Å²) in [7, 11) is 0. The fraction of sp³-hybridized carbons (Fsp3) is 0.929. The zero-order chi connectivity index (χ0) is 24.6. The van der Waals surface area contributed by atoms with E-state index in [4.69, 9.17) is 9.47 Å². The molecule has 0 unspecified atom stereocenters. The zero-order valence-corrected chi connectivity index (χ0v) is 22.1. The van der Waals surface area contributed by atoms with Gasteiger partial charge in [0.2, 0.25) is 0 Å². The Kier molecular flexibility index (Phi) is 21.9. The van der Waals surface area contributed by atoms with Gasteiger partial charge in [0.05, 0.1) is 18.8 Å². The van der Waals surface area contributed by atoms with Crippen molar-refractivity contribution in [3.8, 4) is 0 Å². The Morgan fingerprint density at radius 3 is 1.21 bits per heavy atom. The molecule has 0 aromatic carbocycles. The van der Waals surface area contributed by atoms with E-state index in [1.807, 2.05) is 0 Å². The quantitative estimate of drug-likeness (QED) is 0.116. The molecule has 33 heavy (non-hydrogen) atoms. The van der Waals surface area contributed by atoms with Crippen LogP contribution in [0, 0.1) is 0 Å². The largest absolute Gasteiger partial charge is 0.466 e. The van der Waals surface area contributed by atoms with Crippen molar-refractivity contribution < 1.29 is 24.2 Å². The van der Waals surface area contributed by atoms with Crippen molar-refractivity contribution in [3.63, 3.8) is 0 Å². The van der Waals surface area contributed by atoms with Crippen LogP contribution in [0.2, 0.25) is 0 Å². The summed E-state index contributed by atoms with van der Waals surface area (Å²) >= 11 is 0. The SMILES string of the molecule is CCCCCCCCCCC(=O)OCCC(C)(O)CCOC(=O)CCCCCCCCCC. The second-order valence-electron chi connectivity index (χ2n) is 9.89. The number of carbonyl (C=O) groups excluding carboxylic acids is 2. The molecule has 0 atom stereocenters. The van der Waals surface area contributed by atoms with E-state index in [1.54, 1.807) is 6.92 Å². The first-order chi connectivity index (χ1) is 15.9. The third-order valence-electron chi connectivity index (χ3n) is 6.28. The predicted octanol–water partition coefficient (Wildman–Crippen LogP) is 7.67. The number of carbonyl (C=O) groups is 2. The summed E-state index contributed by atoms with van der Waals surface area (Å²) in [5, 5.41) is 10.4. The molecule has 0 aliphatic rings. The third kappa shape index (κ3) is 23.8. The van der Waals surface area contributed by atoms with Crippen molar-refractivity contribution in [1.29, 1.82) is 0 Å². The molecule has 5 nitrogen and oxygen atoms in total. The number of aliphatic hydroxyl groups is 1. The van der Waals surface area contributed by atoms with Crippen molar-refractivity contribution in [2.75, 3.05) is 13.2 Å². The van der Waals surface area contributed by atoms with Crippen LogP contribution in [0.4, 0.5) is 0 Å². The molecule has 0 saturated carbocycles. The summed E-state index contributed by atoms with van der Waals surface area (Å²) in [5.41, 5.74) is -1.00. The first kappa shape index (κ1) is 31.9. The minimum atomic E-state index is -1.00. The van der Waals surface area contributed by atoms with Crippen LogP contribution in [0.15, 0.2) is 0 Å². The van der Waals surface area contributed by atoms with Gasteiger partial charge in [-0.2, -0.15) is 0 Å². The van der Waals surface area contributed by atoms with Gasteiger partial charge in [0.1, 0.15) is 0 Å². The molecule has 0 aliphatic carbocycles. The van der Waals surface area contributed by atoms with E-state index in [-0.39, 0.29) is 25.2 Å². The maximum absolute atomic E-state index is 11.8. The van der Waals surface area contributed by atoms with Crippen molar-refractivity contribution >= 4 is 11.9 Å². The van der Waals surface area contributed by atoms with Gasteiger partial charge >= 0.3 is 11.9 Å². The van der Waals surface area contributed by atoms with Crippen molar-refractivity contribution in [2.24, 2.45) is 0 Å². The Balaban J connectivity index is 3.60. The Labute approximate surface area is 204 Å². The summed E-state index contributed by atoms with van der Waals surface area (Å²) in [5.74, 6) is -0.373. The van der Waals surface area contributed by atoms with E-state index in [0.29, 0.717) is 25.7 Å². The molecular formula is C28H54O5. The first-order valence-electron chi connectivity index (χ1n) is 13.9. The molecule has 0 amide bonds. The molecule has 0 rings (SSSR count). The maximum Gasteiger partial charge on any atom is 0.305 e. The van der Waals surface area contributed by atoms with Gasteiger partial charge in [-0.05, 0) is 19.8 Å². The molecule has 196 valence electrons. The number of hydrogen-bond acceptors (Lipinski definition) is 5. The third-order valence-corrected chi connectivity index (χ3v) is 6.28. The highest BCUT2D eigenvalue weighted by Gasteiger charge is 2.21. The Hall–Kier alpha value is -1.10. The van der Waals surface area contributed by atoms with Crippen molar-refractivity contribution in [3.05, 3.63) is 0 Å². The minimum Gasteiger partial charge on any atom is -0.466 e. The summed E-state index contributed by atoms with van der Waals surface area (Å²) in [6, 6.07) is 0. The second kappa shape index (κ2) is 22.7. The van der Waals surface area contributed by atoms with Crippen molar-refractivity contribution in [1.82, 2.24) is 0 Å². The van der Waals surface area contributed by atoms with E-state index >= 15 is 0 Å². The number of unbranched alkanes of at least 4 members (excludes halogenated alkanes) is 14. The van der Waals surface area contributed by atoms with Gasteiger partial charge in [-0.25, -0.2) is 0 Å². The van der Waals surface area contributed by atoms with Crippen LogP contribution in [0.25, 0.3) is 0 Å². The molecule has 0 heterocycles. The van der Waals surface area contributed by atoms with Gasteiger partial charge in [-0.15, -0.1) is 0 Å². The molecule has 1 N–H and O–H groups in total. The number of ether oxygens (including phenoxy) is 2. The fourth-order valence-corrected chi connectivity index (χ4v) is 3.85. The van der Waals surface area contributed by atoms with Crippen LogP contribution >= 0.6 is 0 Å². The van der Waals surface area contributed by atoms with Gasteiger partial charge in [0.25, 0.3) is 0 Å². The summed E-state index contributed by atoms with van der Waals surface area (Å²) in [4.78, 5) is 23.7. The molecule has 0 aromatic rings. The summed E-state index contributed by atoms with van der Waals surface area (Å²) < 4.78 is 10.5. The smallest absolute Gasteiger partial charge is 0.305 e. The van der Waals surface area contributed by atoms with E-state index in [0.717, 1.165) is 25.7 Å². The van der Waals surface area contributed by atoms with Crippen LogP contribution in [-0.2, 0) is 19.1 Å². The highest BCUT2D eigenvalue weighted by molar-refractivity contribution is 5.69.